The molecule has 1 aliphatic rings. The Morgan fingerprint density at radius 1 is 1.08 bits per heavy atom. The summed E-state index contributed by atoms with van der Waals surface area (Å²) in [5.41, 5.74) is 0.656. The first-order valence-corrected chi connectivity index (χ1v) is 6.21. The lowest BCUT2D eigenvalue weighted by Crippen LogP contribution is -2.28. The summed E-state index contributed by atoms with van der Waals surface area (Å²) in [7, 11) is 1.77. The minimum Gasteiger partial charge on any atom is -0.398 e. The Kier molecular flexibility index (Phi) is 4.83. The van der Waals surface area contributed by atoms with Gasteiger partial charge in [-0.2, -0.15) is 0 Å². The largest absolute Gasteiger partial charge is 0.398 e. The highest BCUT2D eigenvalue weighted by Gasteiger charge is 2.27. The van der Waals surface area contributed by atoms with E-state index >= 15 is 0 Å². The summed E-state index contributed by atoms with van der Waals surface area (Å²) in [6.07, 6.45) is 6.53. The molecule has 0 aromatic heterocycles. The van der Waals surface area contributed by atoms with Gasteiger partial charge < -0.3 is 4.43 Å². The molecule has 1 unspecified atom stereocenters. The van der Waals surface area contributed by atoms with E-state index in [0.717, 1.165) is 0 Å². The van der Waals surface area contributed by atoms with E-state index in [0.29, 0.717) is 5.54 Å². The molecule has 0 bridgehead atoms. The van der Waals surface area contributed by atoms with Crippen molar-refractivity contribution in [1.82, 2.24) is 0 Å². The zero-order valence-corrected chi connectivity index (χ0v) is 9.07. The van der Waals surface area contributed by atoms with Crippen LogP contribution in [0, 0.1) is 0 Å². The highest BCUT2D eigenvalue weighted by atomic mass is 28.3. The van der Waals surface area contributed by atoms with Gasteiger partial charge >= 0.3 is 9.28 Å². The highest BCUT2D eigenvalue weighted by molar-refractivity contribution is 6.46. The lowest BCUT2D eigenvalue weighted by Gasteiger charge is -2.25. The van der Waals surface area contributed by atoms with E-state index in [4.69, 9.17) is 9.00 Å². The summed E-state index contributed by atoms with van der Waals surface area (Å²) in [5.74, 6) is 0. The van der Waals surface area contributed by atoms with Gasteiger partial charge in [0.25, 0.3) is 0 Å². The molecule has 3 nitrogen and oxygen atoms in total. The molecule has 0 aromatic rings. The van der Waals surface area contributed by atoms with Crippen LogP contribution in [0.4, 0.5) is 0 Å². The second kappa shape index (κ2) is 5.69. The third kappa shape index (κ3) is 2.86. The zero-order valence-electron chi connectivity index (χ0n) is 7.91. The average molecular weight is 190 g/mol. The average Bonchev–Trinajstić information content (AvgIpc) is 2.15. The van der Waals surface area contributed by atoms with Crippen molar-refractivity contribution in [2.24, 2.45) is 0 Å². The Bertz CT molecular complexity index is 112. The maximum Gasteiger partial charge on any atom is 0.362 e. The van der Waals surface area contributed by atoms with Crippen molar-refractivity contribution in [2.45, 2.75) is 37.6 Å². The summed E-state index contributed by atoms with van der Waals surface area (Å²) in [6.45, 7) is 0. The summed E-state index contributed by atoms with van der Waals surface area (Å²) < 4.78 is 10.5. The van der Waals surface area contributed by atoms with Crippen LogP contribution in [-0.4, -0.2) is 23.5 Å². The number of hydrogen-bond acceptors (Lipinski definition) is 3. The standard InChI is InChI=1S/C8H18O3Si/c1-9-11-12(10-2)8-6-4-3-5-7-8/h8,12H,3-7H2,1-2H3. The van der Waals surface area contributed by atoms with Gasteiger partial charge in [-0.15, -0.1) is 0 Å². The van der Waals surface area contributed by atoms with E-state index in [2.05, 4.69) is 4.89 Å². The monoisotopic (exact) mass is 190 g/mol. The quantitative estimate of drug-likeness (QED) is 0.384. The van der Waals surface area contributed by atoms with Gasteiger partial charge in [-0.25, -0.2) is 4.89 Å². The number of hydrogen-bond donors (Lipinski definition) is 0. The molecule has 72 valence electrons. The minimum absolute atomic E-state index is 0.656. The van der Waals surface area contributed by atoms with Crippen LogP contribution in [-0.2, 0) is 13.9 Å². The molecule has 12 heavy (non-hydrogen) atoms. The molecule has 1 atom stereocenters. The molecule has 1 aliphatic carbocycles. The predicted molar refractivity (Wildman–Crippen MR) is 49.1 cm³/mol. The Morgan fingerprint density at radius 3 is 2.25 bits per heavy atom. The van der Waals surface area contributed by atoms with E-state index in [1.165, 1.54) is 32.1 Å². The maximum atomic E-state index is 5.32. The van der Waals surface area contributed by atoms with Gasteiger partial charge in [0.2, 0.25) is 0 Å². The third-order valence-corrected chi connectivity index (χ3v) is 4.74. The molecule has 0 aromatic carbocycles. The summed E-state index contributed by atoms with van der Waals surface area (Å²) in [6, 6.07) is 0. The first-order valence-electron chi connectivity index (χ1n) is 4.60. The van der Waals surface area contributed by atoms with Gasteiger partial charge in [0.05, 0.1) is 7.11 Å². The van der Waals surface area contributed by atoms with E-state index in [-0.39, 0.29) is 0 Å². The molecule has 1 saturated carbocycles. The van der Waals surface area contributed by atoms with Crippen molar-refractivity contribution in [3.63, 3.8) is 0 Å². The van der Waals surface area contributed by atoms with Crippen molar-refractivity contribution in [3.05, 3.63) is 0 Å². The Labute approximate surface area is 75.8 Å². The normalized spacial score (nSPS) is 22.5. The topological polar surface area (TPSA) is 27.7 Å². The van der Waals surface area contributed by atoms with Crippen molar-refractivity contribution in [1.29, 1.82) is 0 Å². The van der Waals surface area contributed by atoms with Crippen LogP contribution in [0.25, 0.3) is 0 Å². The molecule has 0 radical (unpaired) electrons. The highest BCUT2D eigenvalue weighted by Crippen LogP contribution is 2.31. The molecule has 0 spiro atoms. The molecule has 4 heteroatoms. The fourth-order valence-corrected chi connectivity index (χ4v) is 3.64. The van der Waals surface area contributed by atoms with Gasteiger partial charge in [0.1, 0.15) is 0 Å². The second-order valence-electron chi connectivity index (χ2n) is 3.27. The van der Waals surface area contributed by atoms with Crippen LogP contribution in [0.2, 0.25) is 5.54 Å². The van der Waals surface area contributed by atoms with Gasteiger partial charge in [-0.05, 0) is 12.8 Å². The van der Waals surface area contributed by atoms with E-state index in [1.807, 2.05) is 0 Å². The van der Waals surface area contributed by atoms with Crippen LogP contribution in [0.15, 0.2) is 0 Å². The number of rotatable bonds is 4. The Morgan fingerprint density at radius 2 is 1.75 bits per heavy atom. The summed E-state index contributed by atoms with van der Waals surface area (Å²) in [5, 5.41) is 0. The molecule has 0 heterocycles. The summed E-state index contributed by atoms with van der Waals surface area (Å²) >= 11 is 0. The SMILES string of the molecule is COO[SiH](OC)C1CCCCC1. The van der Waals surface area contributed by atoms with Crippen molar-refractivity contribution >= 4 is 9.28 Å². The lowest BCUT2D eigenvalue weighted by atomic mass is 10.0. The lowest BCUT2D eigenvalue weighted by molar-refractivity contribution is -0.199. The molecule has 0 saturated heterocycles. The van der Waals surface area contributed by atoms with Gasteiger partial charge in [-0.1, -0.05) is 19.3 Å². The molecule has 1 fully saturated rings. The first-order chi connectivity index (χ1) is 5.88. The van der Waals surface area contributed by atoms with Gasteiger partial charge in [-0.3, -0.25) is 4.58 Å². The van der Waals surface area contributed by atoms with Crippen LogP contribution < -0.4 is 0 Å². The fraction of sp³-hybridized carbons (Fsp3) is 1.00. The van der Waals surface area contributed by atoms with E-state index in [9.17, 15) is 0 Å². The van der Waals surface area contributed by atoms with Crippen LogP contribution in [0.5, 0.6) is 0 Å². The smallest absolute Gasteiger partial charge is 0.362 e. The second-order valence-corrected chi connectivity index (χ2v) is 5.61. The minimum atomic E-state index is -1.52. The van der Waals surface area contributed by atoms with Gasteiger partial charge in [0.15, 0.2) is 0 Å². The first kappa shape index (κ1) is 10.2. The van der Waals surface area contributed by atoms with Crippen LogP contribution in [0.1, 0.15) is 32.1 Å². The van der Waals surface area contributed by atoms with E-state index in [1.54, 1.807) is 14.2 Å². The van der Waals surface area contributed by atoms with Crippen molar-refractivity contribution in [3.8, 4) is 0 Å². The Balaban J connectivity index is 2.29. The Hall–Kier alpha value is 0.0969. The van der Waals surface area contributed by atoms with Crippen molar-refractivity contribution in [2.75, 3.05) is 14.2 Å². The molecule has 1 rings (SSSR count). The van der Waals surface area contributed by atoms with Crippen LogP contribution in [0.3, 0.4) is 0 Å². The predicted octanol–water partition coefficient (Wildman–Crippen LogP) is 1.77. The van der Waals surface area contributed by atoms with Crippen molar-refractivity contribution < 1.29 is 13.9 Å². The molecule has 0 amide bonds. The van der Waals surface area contributed by atoms with Gasteiger partial charge in [0, 0.05) is 12.7 Å². The summed E-state index contributed by atoms with van der Waals surface area (Å²) in [4.78, 5) is 4.68. The zero-order chi connectivity index (χ0) is 8.81. The molecule has 0 N–H and O–H groups in total. The molecule has 0 aliphatic heterocycles. The molecular weight excluding hydrogens is 172 g/mol. The van der Waals surface area contributed by atoms with E-state index < -0.39 is 9.28 Å². The maximum absolute atomic E-state index is 5.32. The molecular formula is C8H18O3Si. The third-order valence-electron chi connectivity index (χ3n) is 2.46. The fourth-order valence-electron chi connectivity index (χ4n) is 1.81. The van der Waals surface area contributed by atoms with Crippen LogP contribution >= 0.6 is 0 Å².